The number of rotatable bonds is 3. The van der Waals surface area contributed by atoms with Crippen molar-refractivity contribution in [2.24, 2.45) is 5.73 Å². The number of aliphatic hydroxyl groups is 1. The highest BCUT2D eigenvalue weighted by molar-refractivity contribution is 6.03. The number of fused-ring (bicyclic) bond motifs is 1. The molecule has 2 rings (SSSR count). The van der Waals surface area contributed by atoms with Crippen molar-refractivity contribution in [1.82, 2.24) is 4.98 Å². The van der Waals surface area contributed by atoms with Gasteiger partial charge in [-0.1, -0.05) is 18.2 Å². The first-order valence-corrected chi connectivity index (χ1v) is 4.97. The number of benzene rings is 1. The zero-order chi connectivity index (χ0) is 11.5. The van der Waals surface area contributed by atoms with Crippen molar-refractivity contribution in [1.29, 1.82) is 0 Å². The lowest BCUT2D eigenvalue weighted by Crippen LogP contribution is -2.34. The first-order valence-electron chi connectivity index (χ1n) is 4.97. The van der Waals surface area contributed by atoms with E-state index in [1.807, 2.05) is 24.3 Å². The van der Waals surface area contributed by atoms with Crippen molar-refractivity contribution in [3.8, 4) is 0 Å². The number of H-pyrrole nitrogens is 1. The van der Waals surface area contributed by atoms with Crippen LogP contribution < -0.4 is 11.1 Å². The Morgan fingerprint density at radius 3 is 3.00 bits per heavy atom. The van der Waals surface area contributed by atoms with Crippen LogP contribution in [0.3, 0.4) is 0 Å². The van der Waals surface area contributed by atoms with Crippen LogP contribution in [0, 0.1) is 0 Å². The quantitative estimate of drug-likeness (QED) is 0.603. The maximum Gasteiger partial charge on any atom is 0.254 e. The molecule has 0 saturated carbocycles. The molecule has 0 aliphatic carbocycles. The summed E-state index contributed by atoms with van der Waals surface area (Å²) in [6.45, 7) is -0.0891. The van der Waals surface area contributed by atoms with E-state index in [0.717, 1.165) is 10.9 Å². The zero-order valence-electron chi connectivity index (χ0n) is 8.60. The van der Waals surface area contributed by atoms with E-state index in [2.05, 4.69) is 10.3 Å². The fourth-order valence-electron chi connectivity index (χ4n) is 1.50. The molecule has 5 N–H and O–H groups in total. The normalized spacial score (nSPS) is 12.6. The third-order valence-electron chi connectivity index (χ3n) is 2.37. The highest BCUT2D eigenvalue weighted by Crippen LogP contribution is 2.22. The molecule has 0 spiro atoms. The summed E-state index contributed by atoms with van der Waals surface area (Å²) in [5, 5.41) is 12.8. The lowest BCUT2D eigenvalue weighted by Gasteiger charge is -2.07. The molecule has 0 aliphatic rings. The van der Waals surface area contributed by atoms with Crippen molar-refractivity contribution in [3.05, 3.63) is 30.5 Å². The summed E-state index contributed by atoms with van der Waals surface area (Å²) in [6, 6.07) is 7.57. The molecule has 0 radical (unpaired) electrons. The molecule has 1 atom stereocenters. The predicted octanol–water partition coefficient (Wildman–Crippen LogP) is 0.426. The van der Waals surface area contributed by atoms with E-state index in [9.17, 15) is 9.90 Å². The Morgan fingerprint density at radius 1 is 1.50 bits per heavy atom. The van der Waals surface area contributed by atoms with E-state index in [1.54, 1.807) is 6.20 Å². The summed E-state index contributed by atoms with van der Waals surface area (Å²) in [5.74, 6) is -0.493. The third-order valence-corrected chi connectivity index (χ3v) is 2.37. The third kappa shape index (κ3) is 1.91. The Morgan fingerprint density at radius 2 is 2.25 bits per heavy atom. The van der Waals surface area contributed by atoms with E-state index in [0.29, 0.717) is 5.69 Å². The van der Waals surface area contributed by atoms with Gasteiger partial charge in [0, 0.05) is 23.6 Å². The SMILES string of the molecule is NCC(O)C(=O)Nc1c[nH]c2ccccc12. The van der Waals surface area contributed by atoms with Gasteiger partial charge in [-0.3, -0.25) is 4.79 Å². The van der Waals surface area contributed by atoms with Crippen LogP contribution in [0.5, 0.6) is 0 Å². The number of aliphatic hydroxyl groups excluding tert-OH is 1. The Hall–Kier alpha value is -1.85. The maximum absolute atomic E-state index is 11.4. The minimum Gasteiger partial charge on any atom is -0.382 e. The van der Waals surface area contributed by atoms with Gasteiger partial charge in [0.1, 0.15) is 6.10 Å². The Balaban J connectivity index is 2.25. The number of hydrogen-bond donors (Lipinski definition) is 4. The van der Waals surface area contributed by atoms with Crippen molar-refractivity contribution in [2.75, 3.05) is 11.9 Å². The van der Waals surface area contributed by atoms with Crippen LogP contribution in [-0.2, 0) is 4.79 Å². The molecule has 0 saturated heterocycles. The van der Waals surface area contributed by atoms with Gasteiger partial charge in [0.25, 0.3) is 5.91 Å². The molecule has 1 aromatic carbocycles. The van der Waals surface area contributed by atoms with Gasteiger partial charge < -0.3 is 21.1 Å². The van der Waals surface area contributed by atoms with E-state index >= 15 is 0 Å². The average Bonchev–Trinajstić information content (AvgIpc) is 2.72. The maximum atomic E-state index is 11.4. The molecule has 1 aromatic heterocycles. The number of carbonyl (C=O) groups is 1. The Labute approximate surface area is 92.3 Å². The Bertz CT molecular complexity index is 507. The van der Waals surface area contributed by atoms with Gasteiger partial charge in [-0.05, 0) is 6.07 Å². The summed E-state index contributed by atoms with van der Waals surface area (Å²) in [7, 11) is 0. The number of nitrogens with one attached hydrogen (secondary N) is 2. The molecule has 1 amide bonds. The minimum atomic E-state index is -1.17. The molecule has 0 fully saturated rings. The van der Waals surface area contributed by atoms with Gasteiger partial charge in [-0.2, -0.15) is 0 Å². The van der Waals surface area contributed by atoms with Gasteiger partial charge in [-0.15, -0.1) is 0 Å². The van der Waals surface area contributed by atoms with E-state index in [-0.39, 0.29) is 6.54 Å². The van der Waals surface area contributed by atoms with E-state index in [1.165, 1.54) is 0 Å². The first kappa shape index (κ1) is 10.7. The molecule has 1 heterocycles. The number of hydrogen-bond acceptors (Lipinski definition) is 3. The number of anilines is 1. The monoisotopic (exact) mass is 219 g/mol. The van der Waals surface area contributed by atoms with Crippen molar-refractivity contribution in [2.45, 2.75) is 6.10 Å². The summed E-state index contributed by atoms with van der Waals surface area (Å²) < 4.78 is 0. The van der Waals surface area contributed by atoms with Crippen molar-refractivity contribution in [3.63, 3.8) is 0 Å². The van der Waals surface area contributed by atoms with Crippen LogP contribution in [0.25, 0.3) is 10.9 Å². The summed E-state index contributed by atoms with van der Waals surface area (Å²) in [4.78, 5) is 14.5. The molecule has 1 unspecified atom stereocenters. The highest BCUT2D eigenvalue weighted by Gasteiger charge is 2.14. The average molecular weight is 219 g/mol. The topological polar surface area (TPSA) is 91.1 Å². The summed E-state index contributed by atoms with van der Waals surface area (Å²) >= 11 is 0. The van der Waals surface area contributed by atoms with Crippen LogP contribution in [0.15, 0.2) is 30.5 Å². The molecule has 5 nitrogen and oxygen atoms in total. The number of nitrogens with two attached hydrogens (primary N) is 1. The smallest absolute Gasteiger partial charge is 0.254 e. The fraction of sp³-hybridized carbons (Fsp3) is 0.182. The largest absolute Gasteiger partial charge is 0.382 e. The molecule has 84 valence electrons. The van der Waals surface area contributed by atoms with Gasteiger partial charge in [0.15, 0.2) is 0 Å². The minimum absolute atomic E-state index is 0.0891. The van der Waals surface area contributed by atoms with Crippen LogP contribution in [0.2, 0.25) is 0 Å². The van der Waals surface area contributed by atoms with Crippen LogP contribution in [0.1, 0.15) is 0 Å². The molecular weight excluding hydrogens is 206 g/mol. The van der Waals surface area contributed by atoms with E-state index in [4.69, 9.17) is 5.73 Å². The number of carbonyl (C=O) groups excluding carboxylic acids is 1. The summed E-state index contributed by atoms with van der Waals surface area (Å²) in [5.41, 5.74) is 6.77. The van der Waals surface area contributed by atoms with Gasteiger partial charge in [-0.25, -0.2) is 0 Å². The van der Waals surface area contributed by atoms with Gasteiger partial charge in [0.2, 0.25) is 0 Å². The second-order valence-corrected chi connectivity index (χ2v) is 3.49. The molecule has 0 aliphatic heterocycles. The van der Waals surface area contributed by atoms with Crippen molar-refractivity contribution < 1.29 is 9.90 Å². The number of para-hydroxylation sites is 1. The summed E-state index contributed by atoms with van der Waals surface area (Å²) in [6.07, 6.45) is 0.514. The highest BCUT2D eigenvalue weighted by atomic mass is 16.3. The molecule has 2 aromatic rings. The molecular formula is C11H13N3O2. The van der Waals surface area contributed by atoms with Crippen LogP contribution in [-0.4, -0.2) is 28.6 Å². The molecule has 5 heteroatoms. The van der Waals surface area contributed by atoms with Crippen LogP contribution >= 0.6 is 0 Å². The zero-order valence-corrected chi connectivity index (χ0v) is 8.60. The second-order valence-electron chi connectivity index (χ2n) is 3.49. The van der Waals surface area contributed by atoms with E-state index < -0.39 is 12.0 Å². The van der Waals surface area contributed by atoms with Gasteiger partial charge >= 0.3 is 0 Å². The predicted molar refractivity (Wildman–Crippen MR) is 62.0 cm³/mol. The van der Waals surface area contributed by atoms with Crippen LogP contribution in [0.4, 0.5) is 5.69 Å². The first-order chi connectivity index (χ1) is 7.72. The number of amides is 1. The van der Waals surface area contributed by atoms with Gasteiger partial charge in [0.05, 0.1) is 5.69 Å². The number of aromatic amines is 1. The lowest BCUT2D eigenvalue weighted by atomic mass is 10.2. The fourth-order valence-corrected chi connectivity index (χ4v) is 1.50. The standard InChI is InChI=1S/C11H13N3O2/c12-5-10(15)11(16)14-9-6-13-8-4-2-1-3-7(8)9/h1-4,6,10,13,15H,5,12H2,(H,14,16). The molecule has 16 heavy (non-hydrogen) atoms. The number of aromatic nitrogens is 1. The molecule has 0 bridgehead atoms. The lowest BCUT2D eigenvalue weighted by molar-refractivity contribution is -0.123. The Kier molecular flexibility index (Phi) is 2.89. The second kappa shape index (κ2) is 4.34. The van der Waals surface area contributed by atoms with Crippen molar-refractivity contribution >= 4 is 22.5 Å².